The van der Waals surface area contributed by atoms with Crippen LogP contribution in [0.25, 0.3) is 23.1 Å². The Morgan fingerprint density at radius 3 is 2.34 bits per heavy atom. The summed E-state index contributed by atoms with van der Waals surface area (Å²) in [5.41, 5.74) is 3.81. The molecule has 0 aliphatic rings. The van der Waals surface area contributed by atoms with E-state index in [1.54, 1.807) is 24.5 Å². The number of hydrogen-bond donors (Lipinski definition) is 1. The number of fused-ring (bicyclic) bond motifs is 1. The smallest absolute Gasteiger partial charge is 0.340 e. The minimum absolute atomic E-state index is 0.325. The summed E-state index contributed by atoms with van der Waals surface area (Å²) in [6.45, 7) is 5.48. The summed E-state index contributed by atoms with van der Waals surface area (Å²) in [5.74, 6) is -0.753. The third kappa shape index (κ3) is 5.24. The minimum atomic E-state index is -0.617. The second-order valence-electron chi connectivity index (χ2n) is 8.49. The Balaban J connectivity index is 1.65. The summed E-state index contributed by atoms with van der Waals surface area (Å²) in [7, 11) is 0. The van der Waals surface area contributed by atoms with E-state index < -0.39 is 11.6 Å². The summed E-state index contributed by atoms with van der Waals surface area (Å²) in [5, 5.41) is 4.25. The molecule has 0 saturated carbocycles. The van der Waals surface area contributed by atoms with Crippen molar-refractivity contribution in [3.8, 4) is 0 Å². The topological polar surface area (TPSA) is 51.5 Å². The van der Waals surface area contributed by atoms with Gasteiger partial charge >= 0.3 is 5.97 Å². The molecule has 1 aromatic heterocycles. The Morgan fingerprint density at radius 2 is 1.62 bits per heavy atom. The van der Waals surface area contributed by atoms with Gasteiger partial charge in [-0.2, -0.15) is 0 Å². The fourth-order valence-corrected chi connectivity index (χ4v) is 3.25. The zero-order chi connectivity index (χ0) is 22.7. The van der Waals surface area contributed by atoms with Gasteiger partial charge in [0.05, 0.1) is 17.5 Å². The molecule has 1 N–H and O–H groups in total. The maximum atomic E-state index is 13.3. The number of anilines is 2. The van der Waals surface area contributed by atoms with Crippen molar-refractivity contribution in [1.82, 2.24) is 0 Å². The molecule has 4 rings (SSSR count). The molecule has 3 aromatic carbocycles. The van der Waals surface area contributed by atoms with Crippen LogP contribution in [0.1, 0.15) is 42.3 Å². The maximum Gasteiger partial charge on any atom is 0.340 e. The van der Waals surface area contributed by atoms with Crippen LogP contribution in [-0.4, -0.2) is 11.6 Å². The molecule has 32 heavy (non-hydrogen) atoms. The second-order valence-corrected chi connectivity index (χ2v) is 8.49. The monoisotopic (exact) mass is 429 g/mol. The lowest BCUT2D eigenvalue weighted by Gasteiger charge is -2.21. The van der Waals surface area contributed by atoms with E-state index in [9.17, 15) is 9.18 Å². The molecule has 1 heterocycles. The van der Waals surface area contributed by atoms with Crippen LogP contribution >= 0.6 is 0 Å². The van der Waals surface area contributed by atoms with Gasteiger partial charge in [-0.1, -0.05) is 24.3 Å². The highest BCUT2D eigenvalue weighted by Crippen LogP contribution is 2.26. The van der Waals surface area contributed by atoms with Gasteiger partial charge in [0.2, 0.25) is 0 Å². The van der Waals surface area contributed by atoms with Crippen molar-refractivity contribution in [2.24, 2.45) is 0 Å². The zero-order valence-electron chi connectivity index (χ0n) is 18.2. The van der Waals surface area contributed by atoms with Gasteiger partial charge in [0.25, 0.3) is 0 Å². The SMILES string of the molecule is CC(C)(C)OC(=O)c1ccc(/C=C/c2ccc3occc3c2)cc1Nc1ccc(F)cc1. The molecule has 0 atom stereocenters. The highest BCUT2D eigenvalue weighted by molar-refractivity contribution is 5.97. The molecule has 5 heteroatoms. The minimum Gasteiger partial charge on any atom is -0.464 e. The van der Waals surface area contributed by atoms with E-state index >= 15 is 0 Å². The van der Waals surface area contributed by atoms with Crippen molar-refractivity contribution in [3.05, 3.63) is 95.5 Å². The molecule has 0 unspecified atom stereocenters. The molecule has 4 aromatic rings. The normalized spacial score (nSPS) is 11.8. The summed E-state index contributed by atoms with van der Waals surface area (Å²) in [6.07, 6.45) is 5.63. The fourth-order valence-electron chi connectivity index (χ4n) is 3.25. The molecule has 4 nitrogen and oxygen atoms in total. The van der Waals surface area contributed by atoms with Gasteiger partial charge in [0.15, 0.2) is 0 Å². The Kier molecular flexibility index (Phi) is 5.82. The van der Waals surface area contributed by atoms with Crippen LogP contribution in [0.5, 0.6) is 0 Å². The second kappa shape index (κ2) is 8.71. The molecule has 162 valence electrons. The molecule has 0 saturated heterocycles. The van der Waals surface area contributed by atoms with Gasteiger partial charge in [-0.05, 0) is 86.5 Å². The summed E-state index contributed by atoms with van der Waals surface area (Å²) in [6, 6.07) is 19.3. The Hall–Kier alpha value is -3.86. The van der Waals surface area contributed by atoms with E-state index in [1.807, 2.05) is 69.3 Å². The predicted octanol–water partition coefficient (Wildman–Crippen LogP) is 7.44. The van der Waals surface area contributed by atoms with E-state index in [4.69, 9.17) is 9.15 Å². The molecule has 0 bridgehead atoms. The number of nitrogens with one attached hydrogen (secondary N) is 1. The number of furan rings is 1. The van der Waals surface area contributed by atoms with Gasteiger partial charge in [-0.3, -0.25) is 0 Å². The first-order chi connectivity index (χ1) is 15.3. The van der Waals surface area contributed by atoms with Crippen LogP contribution in [0.3, 0.4) is 0 Å². The first-order valence-corrected chi connectivity index (χ1v) is 10.3. The first kappa shape index (κ1) is 21.4. The quantitative estimate of drug-likeness (QED) is 0.265. The number of carbonyl (C=O) groups excluding carboxylic acids is 1. The standard InChI is InChI=1S/C27H24FNO3/c1-27(2,3)32-26(30)23-12-6-19(17-24(23)29-22-10-8-21(28)9-11-22)5-4-18-7-13-25-20(16-18)14-15-31-25/h4-17,29H,1-3H3/b5-4+. The lowest BCUT2D eigenvalue weighted by Crippen LogP contribution is -2.24. The van der Waals surface area contributed by atoms with Gasteiger partial charge < -0.3 is 14.5 Å². The van der Waals surface area contributed by atoms with Gasteiger partial charge in [-0.25, -0.2) is 9.18 Å². The van der Waals surface area contributed by atoms with Gasteiger partial charge in [-0.15, -0.1) is 0 Å². The van der Waals surface area contributed by atoms with E-state index in [0.717, 1.165) is 22.1 Å². The Labute approximate surface area is 186 Å². The van der Waals surface area contributed by atoms with Gasteiger partial charge in [0, 0.05) is 11.1 Å². The highest BCUT2D eigenvalue weighted by Gasteiger charge is 2.20. The van der Waals surface area contributed by atoms with Crippen LogP contribution in [0.4, 0.5) is 15.8 Å². The van der Waals surface area contributed by atoms with E-state index in [2.05, 4.69) is 5.32 Å². The number of esters is 1. The average molecular weight is 429 g/mol. The maximum absolute atomic E-state index is 13.3. The van der Waals surface area contributed by atoms with Crippen molar-refractivity contribution in [2.75, 3.05) is 5.32 Å². The lowest BCUT2D eigenvalue weighted by atomic mass is 10.1. The van der Waals surface area contributed by atoms with Gasteiger partial charge in [0.1, 0.15) is 17.0 Å². The Morgan fingerprint density at radius 1 is 0.938 bits per heavy atom. The number of benzene rings is 3. The summed E-state index contributed by atoms with van der Waals surface area (Å²) >= 11 is 0. The fraction of sp³-hybridized carbons (Fsp3) is 0.148. The van der Waals surface area contributed by atoms with Crippen molar-refractivity contribution < 1.29 is 18.3 Å². The van der Waals surface area contributed by atoms with Crippen molar-refractivity contribution >= 4 is 40.5 Å². The molecule has 0 aliphatic heterocycles. The summed E-state index contributed by atoms with van der Waals surface area (Å²) < 4.78 is 24.2. The van der Waals surface area contributed by atoms with Crippen molar-refractivity contribution in [1.29, 1.82) is 0 Å². The number of halogens is 1. The van der Waals surface area contributed by atoms with Crippen molar-refractivity contribution in [3.63, 3.8) is 0 Å². The van der Waals surface area contributed by atoms with E-state index in [1.165, 1.54) is 12.1 Å². The first-order valence-electron chi connectivity index (χ1n) is 10.3. The molecular weight excluding hydrogens is 405 g/mol. The number of ether oxygens (including phenoxy) is 1. The third-order valence-corrected chi connectivity index (χ3v) is 4.73. The van der Waals surface area contributed by atoms with E-state index in [-0.39, 0.29) is 5.82 Å². The van der Waals surface area contributed by atoms with Crippen LogP contribution in [0.2, 0.25) is 0 Å². The Bertz CT molecular complexity index is 1280. The van der Waals surface area contributed by atoms with Crippen LogP contribution in [-0.2, 0) is 4.74 Å². The average Bonchev–Trinajstić information content (AvgIpc) is 3.20. The number of rotatable bonds is 5. The van der Waals surface area contributed by atoms with Crippen LogP contribution in [0.15, 0.2) is 77.4 Å². The summed E-state index contributed by atoms with van der Waals surface area (Å²) in [4.78, 5) is 12.8. The lowest BCUT2D eigenvalue weighted by molar-refractivity contribution is 0.00707. The van der Waals surface area contributed by atoms with Crippen LogP contribution in [0, 0.1) is 5.82 Å². The van der Waals surface area contributed by atoms with Crippen molar-refractivity contribution in [2.45, 2.75) is 26.4 Å². The van der Waals surface area contributed by atoms with E-state index in [0.29, 0.717) is 16.9 Å². The molecule has 0 fully saturated rings. The molecule has 0 spiro atoms. The molecular formula is C27H24FNO3. The predicted molar refractivity (Wildman–Crippen MR) is 126 cm³/mol. The largest absolute Gasteiger partial charge is 0.464 e. The molecule has 0 radical (unpaired) electrons. The molecule has 0 aliphatic carbocycles. The van der Waals surface area contributed by atoms with Crippen LogP contribution < -0.4 is 5.32 Å². The third-order valence-electron chi connectivity index (χ3n) is 4.73. The molecule has 0 amide bonds. The number of hydrogen-bond acceptors (Lipinski definition) is 4. The zero-order valence-corrected chi connectivity index (χ0v) is 18.2. The highest BCUT2D eigenvalue weighted by atomic mass is 19.1. The number of carbonyl (C=O) groups is 1.